The number of carbonyl (C=O) groups is 2. The Kier molecular flexibility index (Phi) is 4.99. The van der Waals surface area contributed by atoms with Crippen LogP contribution in [0.1, 0.15) is 37.7 Å². The lowest BCUT2D eigenvalue weighted by Gasteiger charge is -2.22. The van der Waals surface area contributed by atoms with Crippen LogP contribution >= 0.6 is 0 Å². The average molecular weight is 315 g/mol. The fourth-order valence-electron chi connectivity index (χ4n) is 4.09. The number of hydrogen-bond donors (Lipinski definition) is 1. The molecule has 4 nitrogen and oxygen atoms in total. The van der Waals surface area contributed by atoms with Crippen molar-refractivity contribution in [1.29, 1.82) is 0 Å². The SMILES string of the molecule is O=C(O)[C@@H](CC(=O)N1C[C@H]2CCCC[C@H]2C1)Cc1ccccc1. The quantitative estimate of drug-likeness (QED) is 0.909. The highest BCUT2D eigenvalue weighted by Crippen LogP contribution is 2.36. The number of carboxylic acids is 1. The summed E-state index contributed by atoms with van der Waals surface area (Å²) < 4.78 is 0. The number of likely N-dealkylation sites (tertiary alicyclic amines) is 1. The number of carbonyl (C=O) groups excluding carboxylic acids is 1. The molecule has 4 heteroatoms. The van der Waals surface area contributed by atoms with Crippen LogP contribution in [0, 0.1) is 17.8 Å². The van der Waals surface area contributed by atoms with Gasteiger partial charge in [-0.2, -0.15) is 0 Å². The first-order chi connectivity index (χ1) is 11.1. The van der Waals surface area contributed by atoms with E-state index in [2.05, 4.69) is 0 Å². The summed E-state index contributed by atoms with van der Waals surface area (Å²) in [5.74, 6) is -0.204. The Morgan fingerprint density at radius 2 is 1.70 bits per heavy atom. The van der Waals surface area contributed by atoms with Crippen molar-refractivity contribution in [2.45, 2.75) is 38.5 Å². The number of hydrogen-bond acceptors (Lipinski definition) is 2. The molecular weight excluding hydrogens is 290 g/mol. The van der Waals surface area contributed by atoms with Gasteiger partial charge in [-0.1, -0.05) is 43.2 Å². The summed E-state index contributed by atoms with van der Waals surface area (Å²) in [4.78, 5) is 26.0. The molecule has 3 atom stereocenters. The molecule has 0 radical (unpaired) electrons. The van der Waals surface area contributed by atoms with Crippen LogP contribution < -0.4 is 0 Å². The number of fused-ring (bicyclic) bond motifs is 1. The minimum Gasteiger partial charge on any atom is -0.481 e. The lowest BCUT2D eigenvalue weighted by Crippen LogP contribution is -2.33. The third-order valence-corrected chi connectivity index (χ3v) is 5.42. The highest BCUT2D eigenvalue weighted by Gasteiger charge is 2.37. The zero-order chi connectivity index (χ0) is 16.2. The molecule has 1 heterocycles. The second-order valence-electron chi connectivity index (χ2n) is 7.03. The van der Waals surface area contributed by atoms with Crippen LogP contribution in [-0.2, 0) is 16.0 Å². The molecule has 23 heavy (non-hydrogen) atoms. The van der Waals surface area contributed by atoms with Crippen LogP contribution in [0.2, 0.25) is 0 Å². The van der Waals surface area contributed by atoms with E-state index in [0.29, 0.717) is 18.3 Å². The van der Waals surface area contributed by atoms with Gasteiger partial charge in [-0.15, -0.1) is 0 Å². The monoisotopic (exact) mass is 315 g/mol. The van der Waals surface area contributed by atoms with Crippen molar-refractivity contribution < 1.29 is 14.7 Å². The van der Waals surface area contributed by atoms with Crippen molar-refractivity contribution in [3.63, 3.8) is 0 Å². The van der Waals surface area contributed by atoms with E-state index in [1.807, 2.05) is 35.2 Å². The maximum atomic E-state index is 12.6. The Balaban J connectivity index is 1.59. The predicted molar refractivity (Wildman–Crippen MR) is 87.9 cm³/mol. The molecule has 0 bridgehead atoms. The van der Waals surface area contributed by atoms with Crippen molar-refractivity contribution in [2.24, 2.45) is 17.8 Å². The van der Waals surface area contributed by atoms with Crippen molar-refractivity contribution >= 4 is 11.9 Å². The molecule has 3 rings (SSSR count). The molecule has 0 spiro atoms. The summed E-state index contributed by atoms with van der Waals surface area (Å²) in [6, 6.07) is 9.56. The van der Waals surface area contributed by atoms with Crippen LogP contribution in [0.4, 0.5) is 0 Å². The van der Waals surface area contributed by atoms with Gasteiger partial charge in [0.25, 0.3) is 0 Å². The van der Waals surface area contributed by atoms with Crippen molar-refractivity contribution in [1.82, 2.24) is 4.90 Å². The first kappa shape index (κ1) is 16.0. The van der Waals surface area contributed by atoms with Gasteiger partial charge in [-0.3, -0.25) is 9.59 Å². The predicted octanol–water partition coefficient (Wildman–Crippen LogP) is 2.97. The van der Waals surface area contributed by atoms with Gasteiger partial charge in [0.1, 0.15) is 0 Å². The standard InChI is InChI=1S/C19H25NO3/c21-18(20-12-15-8-4-5-9-16(15)13-20)11-17(19(22)23)10-14-6-2-1-3-7-14/h1-3,6-7,15-17H,4-5,8-13H2,(H,22,23)/t15-,16+,17-/m1/s1. The van der Waals surface area contributed by atoms with E-state index >= 15 is 0 Å². The van der Waals surface area contributed by atoms with Crippen molar-refractivity contribution in [3.8, 4) is 0 Å². The Labute approximate surface area is 137 Å². The lowest BCUT2D eigenvalue weighted by atomic mass is 9.82. The number of nitrogens with zero attached hydrogens (tertiary/aromatic N) is 1. The zero-order valence-corrected chi connectivity index (χ0v) is 13.5. The molecule has 1 aliphatic carbocycles. The largest absolute Gasteiger partial charge is 0.481 e. The number of carboxylic acid groups (broad SMARTS) is 1. The van der Waals surface area contributed by atoms with Gasteiger partial charge in [0.05, 0.1) is 5.92 Å². The second-order valence-corrected chi connectivity index (χ2v) is 7.03. The van der Waals surface area contributed by atoms with E-state index in [-0.39, 0.29) is 12.3 Å². The Morgan fingerprint density at radius 3 is 2.26 bits per heavy atom. The zero-order valence-electron chi connectivity index (χ0n) is 13.5. The minimum absolute atomic E-state index is 0.0164. The van der Waals surface area contributed by atoms with Crippen LogP contribution in [0.15, 0.2) is 30.3 Å². The van der Waals surface area contributed by atoms with E-state index in [4.69, 9.17) is 0 Å². The van der Waals surface area contributed by atoms with E-state index in [9.17, 15) is 14.7 Å². The third kappa shape index (κ3) is 3.92. The highest BCUT2D eigenvalue weighted by atomic mass is 16.4. The number of amides is 1. The molecule has 2 aliphatic rings. The summed E-state index contributed by atoms with van der Waals surface area (Å²) in [6.07, 6.45) is 5.53. The second kappa shape index (κ2) is 7.16. The molecule has 1 N–H and O–H groups in total. The summed E-state index contributed by atoms with van der Waals surface area (Å²) >= 11 is 0. The van der Waals surface area contributed by atoms with Gasteiger partial charge >= 0.3 is 5.97 Å². The molecule has 1 saturated heterocycles. The first-order valence-corrected chi connectivity index (χ1v) is 8.68. The third-order valence-electron chi connectivity index (χ3n) is 5.42. The number of rotatable bonds is 5. The van der Waals surface area contributed by atoms with Gasteiger partial charge in [-0.25, -0.2) is 0 Å². The Morgan fingerprint density at radius 1 is 1.09 bits per heavy atom. The van der Waals surface area contributed by atoms with E-state index in [0.717, 1.165) is 18.7 Å². The maximum absolute atomic E-state index is 12.6. The fraction of sp³-hybridized carbons (Fsp3) is 0.579. The number of aliphatic carboxylic acids is 1. The first-order valence-electron chi connectivity index (χ1n) is 8.68. The lowest BCUT2D eigenvalue weighted by molar-refractivity contribution is -0.145. The molecule has 1 aliphatic heterocycles. The van der Waals surface area contributed by atoms with E-state index < -0.39 is 11.9 Å². The highest BCUT2D eigenvalue weighted by molar-refractivity contribution is 5.82. The Hall–Kier alpha value is -1.84. The molecule has 0 unspecified atom stereocenters. The normalized spacial score (nSPS) is 25.0. The van der Waals surface area contributed by atoms with E-state index in [1.54, 1.807) is 0 Å². The molecule has 2 fully saturated rings. The van der Waals surface area contributed by atoms with Gasteiger partial charge in [-0.05, 0) is 36.7 Å². The average Bonchev–Trinajstić information content (AvgIpc) is 2.99. The molecule has 1 amide bonds. The van der Waals surface area contributed by atoms with Crippen LogP contribution in [0.5, 0.6) is 0 Å². The van der Waals surface area contributed by atoms with E-state index in [1.165, 1.54) is 25.7 Å². The smallest absolute Gasteiger partial charge is 0.307 e. The summed E-state index contributed by atoms with van der Waals surface area (Å²) in [5, 5.41) is 9.46. The van der Waals surface area contributed by atoms with Crippen molar-refractivity contribution in [2.75, 3.05) is 13.1 Å². The molecule has 124 valence electrons. The summed E-state index contributed by atoms with van der Waals surface area (Å²) in [7, 11) is 0. The molecule has 1 saturated carbocycles. The molecular formula is C19H25NO3. The maximum Gasteiger partial charge on any atom is 0.307 e. The van der Waals surface area contributed by atoms with Crippen LogP contribution in [-0.4, -0.2) is 35.0 Å². The Bertz CT molecular complexity index is 543. The summed E-state index contributed by atoms with van der Waals surface area (Å²) in [5.41, 5.74) is 0.975. The van der Waals surface area contributed by atoms with Crippen LogP contribution in [0.25, 0.3) is 0 Å². The number of benzene rings is 1. The van der Waals surface area contributed by atoms with Gasteiger partial charge < -0.3 is 10.0 Å². The van der Waals surface area contributed by atoms with Crippen LogP contribution in [0.3, 0.4) is 0 Å². The van der Waals surface area contributed by atoms with Gasteiger partial charge in [0, 0.05) is 19.5 Å². The molecule has 0 aromatic heterocycles. The molecule has 1 aromatic rings. The topological polar surface area (TPSA) is 57.6 Å². The van der Waals surface area contributed by atoms with Crippen molar-refractivity contribution in [3.05, 3.63) is 35.9 Å². The minimum atomic E-state index is -0.876. The van der Waals surface area contributed by atoms with Gasteiger partial charge in [0.15, 0.2) is 0 Å². The fourth-order valence-corrected chi connectivity index (χ4v) is 4.09. The van der Waals surface area contributed by atoms with Gasteiger partial charge in [0.2, 0.25) is 5.91 Å². The summed E-state index contributed by atoms with van der Waals surface area (Å²) in [6.45, 7) is 1.67. The molecule has 1 aromatic carbocycles.